The number of allylic oxidation sites excluding steroid dienone is 1. The zero-order chi connectivity index (χ0) is 26.6. The molecular weight excluding hydrogens is 466 g/mol. The topological polar surface area (TPSA) is 113 Å². The largest absolute Gasteiger partial charge is 0.444 e. The molecule has 194 valence electrons. The number of amides is 2. The number of aryl methyl sites for hydroxylation is 1. The minimum atomic E-state index is -0.569. The summed E-state index contributed by atoms with van der Waals surface area (Å²) in [4.78, 5) is 34.8. The summed E-state index contributed by atoms with van der Waals surface area (Å²) in [6.07, 6.45) is 6.24. The van der Waals surface area contributed by atoms with Crippen molar-refractivity contribution in [3.8, 4) is 0 Å². The number of nitrogens with two attached hydrogens (primary N) is 1. The summed E-state index contributed by atoms with van der Waals surface area (Å²) in [6, 6.07) is 14.0. The van der Waals surface area contributed by atoms with Crippen molar-refractivity contribution in [2.24, 2.45) is 16.6 Å². The maximum atomic E-state index is 13.0. The van der Waals surface area contributed by atoms with Crippen molar-refractivity contribution < 1.29 is 14.3 Å². The second-order valence-electron chi connectivity index (χ2n) is 10.3. The van der Waals surface area contributed by atoms with Crippen LogP contribution in [0, 0.1) is 5.92 Å². The summed E-state index contributed by atoms with van der Waals surface area (Å²) < 4.78 is 5.44. The summed E-state index contributed by atoms with van der Waals surface area (Å²) in [5.74, 6) is -0.421. The fourth-order valence-electron chi connectivity index (χ4n) is 4.28. The Kier molecular flexibility index (Phi) is 7.66. The number of hydrogen-bond acceptors (Lipinski definition) is 5. The second-order valence-corrected chi connectivity index (χ2v) is 10.3. The van der Waals surface area contributed by atoms with Crippen LogP contribution in [0.15, 0.2) is 59.9 Å². The minimum Gasteiger partial charge on any atom is -0.444 e. The zero-order valence-corrected chi connectivity index (χ0v) is 21.9. The number of nitrogens with zero attached hydrogens (tertiary/aromatic N) is 2. The molecule has 4 N–H and O–H groups in total. The van der Waals surface area contributed by atoms with Gasteiger partial charge in [-0.25, -0.2) is 4.79 Å². The molecule has 2 amide bonds. The Hall–Kier alpha value is -4.07. The van der Waals surface area contributed by atoms with E-state index in [-0.39, 0.29) is 17.9 Å². The highest BCUT2D eigenvalue weighted by Gasteiger charge is 2.33. The van der Waals surface area contributed by atoms with Gasteiger partial charge in [-0.15, -0.1) is 0 Å². The molecule has 1 unspecified atom stereocenters. The van der Waals surface area contributed by atoms with Crippen molar-refractivity contribution >= 4 is 46.1 Å². The molecule has 0 aliphatic carbocycles. The molecule has 1 aromatic heterocycles. The van der Waals surface area contributed by atoms with Gasteiger partial charge in [0.1, 0.15) is 5.60 Å². The van der Waals surface area contributed by atoms with Crippen LogP contribution in [0.1, 0.15) is 45.2 Å². The Labute approximate surface area is 217 Å². The molecule has 0 spiro atoms. The molecule has 1 saturated heterocycles. The lowest BCUT2D eigenvalue weighted by molar-refractivity contribution is -0.119. The summed E-state index contributed by atoms with van der Waals surface area (Å²) >= 11 is 0. The molecule has 2 heterocycles. The van der Waals surface area contributed by atoms with Crippen molar-refractivity contribution in [2.45, 2.75) is 46.1 Å². The number of likely N-dealkylation sites (tertiary alicyclic amines) is 1. The molecule has 8 nitrogen and oxygen atoms in total. The van der Waals surface area contributed by atoms with Crippen molar-refractivity contribution in [2.75, 3.05) is 18.4 Å². The first-order chi connectivity index (χ1) is 17.7. The van der Waals surface area contributed by atoms with Crippen LogP contribution in [0.4, 0.5) is 16.2 Å². The molecule has 1 atom stereocenters. The van der Waals surface area contributed by atoms with Gasteiger partial charge >= 0.3 is 6.09 Å². The summed E-state index contributed by atoms with van der Waals surface area (Å²) in [5.41, 5.74) is 10.7. The Morgan fingerprint density at radius 1 is 1.22 bits per heavy atom. The molecule has 2 aromatic carbocycles. The van der Waals surface area contributed by atoms with Crippen LogP contribution < -0.4 is 11.1 Å². The molecule has 1 aliphatic rings. The molecule has 37 heavy (non-hydrogen) atoms. The number of nitrogens with one attached hydrogen (secondary N) is 2. The Bertz CT molecular complexity index is 1330. The highest BCUT2D eigenvalue weighted by atomic mass is 16.6. The van der Waals surface area contributed by atoms with E-state index in [1.807, 2.05) is 51.1 Å². The van der Waals surface area contributed by atoms with E-state index < -0.39 is 5.60 Å². The van der Waals surface area contributed by atoms with Gasteiger partial charge in [0.25, 0.3) is 0 Å². The van der Waals surface area contributed by atoms with Gasteiger partial charge < -0.3 is 25.7 Å². The lowest BCUT2D eigenvalue weighted by Crippen LogP contribution is -2.36. The van der Waals surface area contributed by atoms with Crippen LogP contribution in [0.2, 0.25) is 0 Å². The van der Waals surface area contributed by atoms with Gasteiger partial charge in [-0.2, -0.15) is 0 Å². The number of aromatic amines is 1. The molecular formula is C29H35N5O3. The van der Waals surface area contributed by atoms with E-state index in [2.05, 4.69) is 34.3 Å². The lowest BCUT2D eigenvalue weighted by atomic mass is 10.0. The first-order valence-electron chi connectivity index (χ1n) is 12.6. The predicted molar refractivity (Wildman–Crippen MR) is 149 cm³/mol. The number of anilines is 1. The lowest BCUT2D eigenvalue weighted by Gasteiger charge is -2.24. The number of carbonyl (C=O) groups is 2. The van der Waals surface area contributed by atoms with Gasteiger partial charge in [-0.05, 0) is 69.0 Å². The number of aliphatic imine (C=N–C) groups is 1. The minimum absolute atomic E-state index is 0.121. The normalized spacial score (nSPS) is 16.5. The molecule has 0 bridgehead atoms. The fourth-order valence-corrected chi connectivity index (χ4v) is 4.28. The average Bonchev–Trinajstić information content (AvgIpc) is 3.52. The van der Waals surface area contributed by atoms with Crippen molar-refractivity contribution in [3.05, 3.63) is 66.0 Å². The Balaban J connectivity index is 1.46. The highest BCUT2D eigenvalue weighted by Crippen LogP contribution is 2.28. The third kappa shape index (κ3) is 6.39. The fraction of sp³-hybridized carbons (Fsp3) is 0.345. The molecule has 0 saturated carbocycles. The van der Waals surface area contributed by atoms with E-state index >= 15 is 0 Å². The Morgan fingerprint density at radius 2 is 1.97 bits per heavy atom. The maximum Gasteiger partial charge on any atom is 0.410 e. The van der Waals surface area contributed by atoms with Crippen LogP contribution in [0.5, 0.6) is 0 Å². The molecule has 1 fully saturated rings. The SMILES string of the molecule is CCc1ccc(N=CC(=CN)c2ccc3[nH]cc(NC(=O)C4CCN(C(=O)OC(C)(C)C)C4)c3c2)cc1. The van der Waals surface area contributed by atoms with Gasteiger partial charge in [0.2, 0.25) is 5.91 Å². The van der Waals surface area contributed by atoms with E-state index in [4.69, 9.17) is 10.5 Å². The number of carbonyl (C=O) groups excluding carboxylic acids is 2. The number of fused-ring (bicyclic) bond motifs is 1. The van der Waals surface area contributed by atoms with Crippen LogP contribution in [-0.2, 0) is 16.0 Å². The van der Waals surface area contributed by atoms with E-state index in [9.17, 15) is 9.59 Å². The summed E-state index contributed by atoms with van der Waals surface area (Å²) in [5, 5.41) is 3.90. The number of aromatic nitrogens is 1. The van der Waals surface area contributed by atoms with Gasteiger partial charge in [0, 0.05) is 48.2 Å². The quantitative estimate of drug-likeness (QED) is 0.380. The van der Waals surface area contributed by atoms with Crippen molar-refractivity contribution in [1.29, 1.82) is 0 Å². The number of rotatable bonds is 6. The number of ether oxygens (including phenoxy) is 1. The summed E-state index contributed by atoms with van der Waals surface area (Å²) in [7, 11) is 0. The Morgan fingerprint density at radius 3 is 2.65 bits per heavy atom. The first-order valence-corrected chi connectivity index (χ1v) is 12.6. The first kappa shape index (κ1) is 26.0. The van der Waals surface area contributed by atoms with E-state index in [0.717, 1.165) is 34.1 Å². The third-order valence-corrected chi connectivity index (χ3v) is 6.36. The number of benzene rings is 2. The maximum absolute atomic E-state index is 13.0. The van der Waals surface area contributed by atoms with Gasteiger partial charge in [-0.1, -0.05) is 25.1 Å². The standard InChI is InChI=1S/C29H35N5O3/c1-5-19-6-9-23(10-7-19)31-16-22(15-30)20-8-11-25-24(14-20)26(17-32-25)33-27(35)21-12-13-34(18-21)28(36)37-29(2,3)4/h6-11,14-17,21,32H,5,12-13,18,30H2,1-4H3,(H,33,35). The number of hydrogen-bond donors (Lipinski definition) is 3. The van der Waals surface area contributed by atoms with E-state index in [1.54, 1.807) is 17.3 Å². The van der Waals surface area contributed by atoms with Crippen molar-refractivity contribution in [1.82, 2.24) is 9.88 Å². The molecule has 8 heteroatoms. The summed E-state index contributed by atoms with van der Waals surface area (Å²) in [6.45, 7) is 8.44. The molecule has 0 radical (unpaired) electrons. The monoisotopic (exact) mass is 501 g/mol. The molecule has 1 aliphatic heterocycles. The molecule has 3 aromatic rings. The van der Waals surface area contributed by atoms with Crippen molar-refractivity contribution in [3.63, 3.8) is 0 Å². The third-order valence-electron chi connectivity index (χ3n) is 6.36. The number of H-pyrrole nitrogens is 1. The van der Waals surface area contributed by atoms with E-state index in [0.29, 0.717) is 25.2 Å². The van der Waals surface area contributed by atoms with Gasteiger partial charge in [0.15, 0.2) is 0 Å². The smallest absolute Gasteiger partial charge is 0.410 e. The van der Waals surface area contributed by atoms with Crippen LogP contribution in [0.3, 0.4) is 0 Å². The second kappa shape index (κ2) is 10.9. The zero-order valence-electron chi connectivity index (χ0n) is 21.9. The van der Waals surface area contributed by atoms with Crippen LogP contribution in [0.25, 0.3) is 16.5 Å². The van der Waals surface area contributed by atoms with Gasteiger partial charge in [-0.3, -0.25) is 9.79 Å². The van der Waals surface area contributed by atoms with Crippen LogP contribution in [-0.4, -0.2) is 46.8 Å². The molecule has 4 rings (SSSR count). The van der Waals surface area contributed by atoms with E-state index in [1.165, 1.54) is 11.8 Å². The average molecular weight is 502 g/mol. The van der Waals surface area contributed by atoms with Crippen LogP contribution >= 0.6 is 0 Å². The highest BCUT2D eigenvalue weighted by molar-refractivity contribution is 6.12. The van der Waals surface area contributed by atoms with Gasteiger partial charge in [0.05, 0.1) is 17.3 Å². The predicted octanol–water partition coefficient (Wildman–Crippen LogP) is 5.63.